The van der Waals surface area contributed by atoms with Gasteiger partial charge < -0.3 is 25.5 Å². The fourth-order valence-corrected chi connectivity index (χ4v) is 1.23. The molecule has 0 unspecified atom stereocenters. The maximum absolute atomic E-state index is 10.6. The van der Waals surface area contributed by atoms with Crippen molar-refractivity contribution in [2.24, 2.45) is 5.73 Å². The number of aliphatic carboxylic acids is 2. The van der Waals surface area contributed by atoms with E-state index in [9.17, 15) is 29.9 Å². The Balaban J connectivity index is 3.40. The van der Waals surface area contributed by atoms with E-state index in [0.29, 0.717) is 0 Å². The highest BCUT2D eigenvalue weighted by Crippen LogP contribution is 2.19. The van der Waals surface area contributed by atoms with Crippen LogP contribution in [0.2, 0.25) is 0 Å². The van der Waals surface area contributed by atoms with E-state index in [0.717, 1.165) is 12.1 Å². The lowest BCUT2D eigenvalue weighted by atomic mass is 10.1. The molecule has 0 heterocycles. The molecule has 1 aromatic rings. The summed E-state index contributed by atoms with van der Waals surface area (Å²) in [5.41, 5.74) is 2.93. The van der Waals surface area contributed by atoms with Gasteiger partial charge in [0.1, 0.15) is 0 Å². The summed E-state index contributed by atoms with van der Waals surface area (Å²) in [7, 11) is 0. The average molecular weight is 250 g/mol. The first-order chi connectivity index (χ1) is 8.34. The van der Waals surface area contributed by atoms with Gasteiger partial charge in [-0.15, -0.1) is 0 Å². The van der Waals surface area contributed by atoms with Crippen molar-refractivity contribution in [3.8, 4) is 0 Å². The van der Waals surface area contributed by atoms with Gasteiger partial charge in [-0.2, -0.15) is 0 Å². The molecule has 18 heavy (non-hydrogen) atoms. The molecule has 94 valence electrons. The van der Waals surface area contributed by atoms with Gasteiger partial charge in [0, 0.05) is 23.3 Å². The zero-order valence-corrected chi connectivity index (χ0v) is 8.78. The van der Waals surface area contributed by atoms with E-state index in [4.69, 9.17) is 5.73 Å². The third-order valence-corrected chi connectivity index (χ3v) is 2.05. The van der Waals surface area contributed by atoms with Gasteiger partial charge >= 0.3 is 0 Å². The Bertz CT molecular complexity index is 547. The summed E-state index contributed by atoms with van der Waals surface area (Å²) in [6.45, 7) is 0. The van der Waals surface area contributed by atoms with E-state index in [2.05, 4.69) is 0 Å². The lowest BCUT2D eigenvalue weighted by Gasteiger charge is -2.13. The first-order valence-corrected chi connectivity index (χ1v) is 4.52. The van der Waals surface area contributed by atoms with Crippen molar-refractivity contribution in [3.05, 3.63) is 45.5 Å². The van der Waals surface area contributed by atoms with Crippen molar-refractivity contribution in [2.45, 2.75) is 0 Å². The maximum atomic E-state index is 10.6. The molecular formula is C10H6N2O6-2. The Morgan fingerprint density at radius 3 is 2.17 bits per heavy atom. The molecule has 1 aromatic carbocycles. The number of nitrogens with zero attached hydrogens (tertiary/aromatic N) is 1. The monoisotopic (exact) mass is 250 g/mol. The van der Waals surface area contributed by atoms with Crippen LogP contribution in [0, 0.1) is 10.1 Å². The highest BCUT2D eigenvalue weighted by Gasteiger charge is 2.12. The van der Waals surface area contributed by atoms with E-state index in [-0.39, 0.29) is 11.3 Å². The summed E-state index contributed by atoms with van der Waals surface area (Å²) in [4.78, 5) is 30.9. The number of carbonyl (C=O) groups excluding carboxylic acids is 2. The van der Waals surface area contributed by atoms with Crippen LogP contribution in [-0.2, 0) is 9.59 Å². The van der Waals surface area contributed by atoms with Gasteiger partial charge in [-0.1, -0.05) is 12.1 Å². The Kier molecular flexibility index (Phi) is 3.62. The van der Waals surface area contributed by atoms with Gasteiger partial charge in [0.05, 0.1) is 22.6 Å². The third kappa shape index (κ3) is 2.61. The minimum atomic E-state index is -2.03. The summed E-state index contributed by atoms with van der Waals surface area (Å²) in [6.07, 6.45) is 0. The molecule has 0 aliphatic heterocycles. The SMILES string of the molecule is NC(=C(C(=O)[O-])C(=O)[O-])c1cccc([N+](=O)[O-])c1. The number of benzene rings is 1. The molecule has 0 atom stereocenters. The molecule has 0 saturated heterocycles. The molecule has 8 nitrogen and oxygen atoms in total. The topological polar surface area (TPSA) is 149 Å². The zero-order valence-electron chi connectivity index (χ0n) is 8.78. The number of nitro groups is 1. The molecule has 0 saturated carbocycles. The number of hydrogen-bond acceptors (Lipinski definition) is 7. The Hall–Kier alpha value is -2.90. The lowest BCUT2D eigenvalue weighted by molar-refractivity contribution is -0.384. The molecule has 0 aliphatic rings. The quantitative estimate of drug-likeness (QED) is 0.209. The number of carboxylic acids is 2. The van der Waals surface area contributed by atoms with Crippen molar-refractivity contribution in [1.82, 2.24) is 0 Å². The minimum Gasteiger partial charge on any atom is -0.545 e. The molecule has 2 N–H and O–H groups in total. The van der Waals surface area contributed by atoms with Crippen molar-refractivity contribution in [3.63, 3.8) is 0 Å². The Morgan fingerprint density at radius 1 is 1.17 bits per heavy atom. The molecule has 0 bridgehead atoms. The van der Waals surface area contributed by atoms with Gasteiger partial charge in [0.2, 0.25) is 0 Å². The second-order valence-electron chi connectivity index (χ2n) is 3.17. The maximum Gasteiger partial charge on any atom is 0.270 e. The molecular weight excluding hydrogens is 244 g/mol. The van der Waals surface area contributed by atoms with E-state index < -0.39 is 28.1 Å². The Labute approximate surface area is 100 Å². The van der Waals surface area contributed by atoms with E-state index in [1.165, 1.54) is 12.1 Å². The summed E-state index contributed by atoms with van der Waals surface area (Å²) in [5, 5.41) is 31.6. The van der Waals surface area contributed by atoms with Crippen LogP contribution in [-0.4, -0.2) is 16.9 Å². The Morgan fingerprint density at radius 2 is 1.72 bits per heavy atom. The summed E-state index contributed by atoms with van der Waals surface area (Å²) in [6, 6.07) is 4.56. The number of nitro benzene ring substituents is 1. The largest absolute Gasteiger partial charge is 0.545 e. The van der Waals surface area contributed by atoms with Crippen LogP contribution >= 0.6 is 0 Å². The molecule has 0 fully saturated rings. The number of carbonyl (C=O) groups is 2. The van der Waals surface area contributed by atoms with Crippen molar-refractivity contribution < 1.29 is 24.7 Å². The lowest BCUT2D eigenvalue weighted by Crippen LogP contribution is -2.38. The first-order valence-electron chi connectivity index (χ1n) is 4.52. The summed E-state index contributed by atoms with van der Waals surface area (Å²) < 4.78 is 0. The van der Waals surface area contributed by atoms with E-state index in [1.807, 2.05) is 0 Å². The number of non-ortho nitro benzene ring substituents is 1. The van der Waals surface area contributed by atoms with Crippen LogP contribution in [0.15, 0.2) is 29.8 Å². The van der Waals surface area contributed by atoms with Crippen molar-refractivity contribution in [2.75, 3.05) is 0 Å². The summed E-state index contributed by atoms with van der Waals surface area (Å²) >= 11 is 0. The predicted octanol–water partition coefficient (Wildman–Crippen LogP) is -2.24. The molecule has 0 amide bonds. The van der Waals surface area contributed by atoms with Crippen molar-refractivity contribution >= 4 is 23.3 Å². The van der Waals surface area contributed by atoms with Crippen LogP contribution in [0.25, 0.3) is 5.70 Å². The fraction of sp³-hybridized carbons (Fsp3) is 0. The van der Waals surface area contributed by atoms with Gasteiger partial charge in [-0.25, -0.2) is 0 Å². The highest BCUT2D eigenvalue weighted by molar-refractivity contribution is 6.16. The van der Waals surface area contributed by atoms with Crippen molar-refractivity contribution in [1.29, 1.82) is 0 Å². The van der Waals surface area contributed by atoms with Gasteiger partial charge in [0.15, 0.2) is 0 Å². The molecule has 0 spiro atoms. The van der Waals surface area contributed by atoms with Crippen LogP contribution in [0.5, 0.6) is 0 Å². The minimum absolute atomic E-state index is 0.118. The van der Waals surface area contributed by atoms with Gasteiger partial charge in [-0.05, 0) is 0 Å². The van der Waals surface area contributed by atoms with E-state index in [1.54, 1.807) is 0 Å². The molecule has 1 rings (SSSR count). The summed E-state index contributed by atoms with van der Waals surface area (Å²) in [5.74, 6) is -4.06. The normalized spacial score (nSPS) is 9.56. The zero-order chi connectivity index (χ0) is 13.9. The van der Waals surface area contributed by atoms with E-state index >= 15 is 0 Å². The number of rotatable bonds is 4. The third-order valence-electron chi connectivity index (χ3n) is 2.05. The van der Waals surface area contributed by atoms with Crippen LogP contribution in [0.1, 0.15) is 5.56 Å². The number of nitrogens with two attached hydrogens (primary N) is 1. The molecule has 0 aromatic heterocycles. The highest BCUT2D eigenvalue weighted by atomic mass is 16.6. The van der Waals surface area contributed by atoms with Crippen LogP contribution in [0.3, 0.4) is 0 Å². The average Bonchev–Trinajstić information content (AvgIpc) is 2.28. The molecule has 0 radical (unpaired) electrons. The second kappa shape index (κ2) is 4.95. The number of hydrogen-bond donors (Lipinski definition) is 1. The second-order valence-corrected chi connectivity index (χ2v) is 3.17. The van der Waals surface area contributed by atoms with Gasteiger partial charge in [-0.3, -0.25) is 10.1 Å². The smallest absolute Gasteiger partial charge is 0.270 e. The van der Waals surface area contributed by atoms with Gasteiger partial charge in [0.25, 0.3) is 5.69 Å². The van der Waals surface area contributed by atoms with Crippen LogP contribution in [0.4, 0.5) is 5.69 Å². The molecule has 0 aliphatic carbocycles. The van der Waals surface area contributed by atoms with Crippen LogP contribution < -0.4 is 15.9 Å². The standard InChI is InChI=1S/C10H8N2O6/c11-8(7(9(13)14)10(15)16)5-2-1-3-6(4-5)12(17)18/h1-4H,11H2,(H,13,14)(H,15,16)/p-2. The number of carboxylic acid groups (broad SMARTS) is 2. The first kappa shape index (κ1) is 13.2. The predicted molar refractivity (Wildman–Crippen MR) is 54.2 cm³/mol. The fourth-order valence-electron chi connectivity index (χ4n) is 1.23. The molecule has 8 heteroatoms.